The lowest BCUT2D eigenvalue weighted by atomic mass is 10.1. The van der Waals surface area contributed by atoms with Gasteiger partial charge in [0, 0.05) is 12.6 Å². The maximum absolute atomic E-state index is 4.23. The summed E-state index contributed by atoms with van der Waals surface area (Å²) in [6.45, 7) is 5.19. The van der Waals surface area contributed by atoms with Crippen molar-refractivity contribution in [3.63, 3.8) is 0 Å². The van der Waals surface area contributed by atoms with E-state index in [1.165, 1.54) is 5.56 Å². The molecule has 2 N–H and O–H groups in total. The summed E-state index contributed by atoms with van der Waals surface area (Å²) in [7, 11) is 0. The van der Waals surface area contributed by atoms with Crippen LogP contribution in [0.3, 0.4) is 0 Å². The number of thiophene rings is 1. The van der Waals surface area contributed by atoms with E-state index in [-0.39, 0.29) is 0 Å². The number of anilines is 2. The highest BCUT2D eigenvalue weighted by Crippen LogP contribution is 2.16. The highest BCUT2D eigenvalue weighted by Gasteiger charge is 2.04. The minimum atomic E-state index is 0.401. The summed E-state index contributed by atoms with van der Waals surface area (Å²) >= 11 is 1.75. The van der Waals surface area contributed by atoms with Gasteiger partial charge in [-0.3, -0.25) is 4.98 Å². The summed E-state index contributed by atoms with van der Waals surface area (Å²) in [5, 5.41) is 11.1. The largest absolute Gasteiger partial charge is 0.384 e. The molecule has 0 aliphatic rings. The van der Waals surface area contributed by atoms with Gasteiger partial charge in [-0.25, -0.2) is 0 Å². The van der Waals surface area contributed by atoms with E-state index in [2.05, 4.69) is 52.4 Å². The van der Waals surface area contributed by atoms with Crippen LogP contribution in [0.4, 0.5) is 11.4 Å². The smallest absolute Gasteiger partial charge is 0.0549 e. The number of nitrogens with zero attached hydrogens (tertiary/aromatic N) is 1. The summed E-state index contributed by atoms with van der Waals surface area (Å²) in [6.07, 6.45) is 4.75. The Morgan fingerprint density at radius 3 is 2.89 bits per heavy atom. The van der Waals surface area contributed by atoms with Crippen LogP contribution in [0.5, 0.6) is 0 Å². The van der Waals surface area contributed by atoms with Crippen molar-refractivity contribution < 1.29 is 0 Å². The van der Waals surface area contributed by atoms with Crippen molar-refractivity contribution >= 4 is 22.7 Å². The molecule has 2 rings (SSSR count). The van der Waals surface area contributed by atoms with Crippen LogP contribution in [-0.4, -0.2) is 17.6 Å². The third-order valence-electron chi connectivity index (χ3n) is 2.65. The topological polar surface area (TPSA) is 37.0 Å². The highest BCUT2D eigenvalue weighted by molar-refractivity contribution is 7.07. The van der Waals surface area contributed by atoms with Crippen molar-refractivity contribution in [2.75, 3.05) is 17.2 Å². The van der Waals surface area contributed by atoms with E-state index in [0.29, 0.717) is 6.04 Å². The van der Waals surface area contributed by atoms with Crippen LogP contribution < -0.4 is 10.6 Å². The van der Waals surface area contributed by atoms with Gasteiger partial charge < -0.3 is 10.6 Å². The van der Waals surface area contributed by atoms with Gasteiger partial charge in [0.25, 0.3) is 0 Å². The fourth-order valence-corrected chi connectivity index (χ4v) is 2.60. The predicted octanol–water partition coefficient (Wildman–Crippen LogP) is 3.62. The van der Waals surface area contributed by atoms with Crippen LogP contribution in [0.1, 0.15) is 19.4 Å². The molecule has 0 saturated heterocycles. The molecule has 0 bridgehead atoms. The first-order chi connectivity index (χ1) is 8.78. The summed E-state index contributed by atoms with van der Waals surface area (Å²) in [5.74, 6) is 0. The summed E-state index contributed by atoms with van der Waals surface area (Å²) in [4.78, 5) is 4.23. The maximum Gasteiger partial charge on any atom is 0.0549 e. The molecule has 1 unspecified atom stereocenters. The number of hydrogen-bond acceptors (Lipinski definition) is 4. The molecule has 0 aliphatic heterocycles. The van der Waals surface area contributed by atoms with Gasteiger partial charge in [-0.1, -0.05) is 0 Å². The second kappa shape index (κ2) is 6.40. The summed E-state index contributed by atoms with van der Waals surface area (Å²) in [5.41, 5.74) is 3.51. The molecule has 4 heteroatoms. The van der Waals surface area contributed by atoms with E-state index in [9.17, 15) is 0 Å². The van der Waals surface area contributed by atoms with Gasteiger partial charge in [-0.2, -0.15) is 11.3 Å². The zero-order chi connectivity index (χ0) is 12.8. The fourth-order valence-electron chi connectivity index (χ4n) is 1.92. The molecule has 0 radical (unpaired) electrons. The van der Waals surface area contributed by atoms with E-state index in [1.807, 2.05) is 12.4 Å². The number of rotatable bonds is 6. The van der Waals surface area contributed by atoms with Gasteiger partial charge in [0.1, 0.15) is 0 Å². The highest BCUT2D eigenvalue weighted by atomic mass is 32.1. The van der Waals surface area contributed by atoms with Gasteiger partial charge in [0.2, 0.25) is 0 Å². The number of hydrogen-bond donors (Lipinski definition) is 2. The van der Waals surface area contributed by atoms with E-state index in [4.69, 9.17) is 0 Å². The number of aromatic nitrogens is 1. The summed E-state index contributed by atoms with van der Waals surface area (Å²) in [6, 6.07) is 4.68. The maximum atomic E-state index is 4.23. The van der Waals surface area contributed by atoms with Crippen molar-refractivity contribution in [2.45, 2.75) is 26.3 Å². The van der Waals surface area contributed by atoms with Crippen molar-refractivity contribution in [1.29, 1.82) is 0 Å². The molecule has 96 valence electrons. The molecule has 1 atom stereocenters. The van der Waals surface area contributed by atoms with Crippen LogP contribution >= 0.6 is 11.3 Å². The Balaban J connectivity index is 1.93. The zero-order valence-electron chi connectivity index (χ0n) is 10.8. The zero-order valence-corrected chi connectivity index (χ0v) is 11.6. The molecular formula is C14H19N3S. The van der Waals surface area contributed by atoms with Crippen molar-refractivity contribution in [3.8, 4) is 0 Å². The van der Waals surface area contributed by atoms with Crippen LogP contribution in [-0.2, 0) is 6.42 Å². The third kappa shape index (κ3) is 3.74. The molecule has 0 aromatic carbocycles. The van der Waals surface area contributed by atoms with Gasteiger partial charge in [-0.15, -0.1) is 0 Å². The van der Waals surface area contributed by atoms with Crippen molar-refractivity contribution in [2.24, 2.45) is 0 Å². The van der Waals surface area contributed by atoms with Gasteiger partial charge in [-0.05, 0) is 48.7 Å². The van der Waals surface area contributed by atoms with E-state index in [1.54, 1.807) is 11.3 Å². The molecule has 2 heterocycles. The standard InChI is InChI=1S/C14H19N3S/c1-3-16-13-7-14(9-15-8-13)17-11(2)6-12-4-5-18-10-12/h4-5,7-11,16-17H,3,6H2,1-2H3. The van der Waals surface area contributed by atoms with Crippen LogP contribution in [0.2, 0.25) is 0 Å². The first-order valence-electron chi connectivity index (χ1n) is 6.24. The predicted molar refractivity (Wildman–Crippen MR) is 79.5 cm³/mol. The Labute approximate surface area is 112 Å². The van der Waals surface area contributed by atoms with Gasteiger partial charge in [0.15, 0.2) is 0 Å². The van der Waals surface area contributed by atoms with Crippen molar-refractivity contribution in [1.82, 2.24) is 4.98 Å². The molecule has 18 heavy (non-hydrogen) atoms. The first-order valence-corrected chi connectivity index (χ1v) is 7.18. The van der Waals surface area contributed by atoms with Crippen LogP contribution in [0.25, 0.3) is 0 Å². The fraction of sp³-hybridized carbons (Fsp3) is 0.357. The molecule has 0 spiro atoms. The molecule has 0 fully saturated rings. The Hall–Kier alpha value is -1.55. The second-order valence-electron chi connectivity index (χ2n) is 4.37. The van der Waals surface area contributed by atoms with Crippen LogP contribution in [0.15, 0.2) is 35.3 Å². The Morgan fingerprint density at radius 2 is 2.17 bits per heavy atom. The molecule has 2 aromatic heterocycles. The molecular weight excluding hydrogens is 242 g/mol. The SMILES string of the molecule is CCNc1cncc(NC(C)Cc2ccsc2)c1. The third-order valence-corrected chi connectivity index (χ3v) is 3.39. The lowest BCUT2D eigenvalue weighted by Crippen LogP contribution is -2.18. The lowest BCUT2D eigenvalue weighted by molar-refractivity contribution is 0.792. The van der Waals surface area contributed by atoms with E-state index in [0.717, 1.165) is 24.3 Å². The number of nitrogens with one attached hydrogen (secondary N) is 2. The quantitative estimate of drug-likeness (QED) is 0.834. The van der Waals surface area contributed by atoms with E-state index >= 15 is 0 Å². The van der Waals surface area contributed by atoms with Gasteiger partial charge >= 0.3 is 0 Å². The monoisotopic (exact) mass is 261 g/mol. The molecule has 2 aromatic rings. The summed E-state index contributed by atoms with van der Waals surface area (Å²) < 4.78 is 0. The minimum absolute atomic E-state index is 0.401. The Morgan fingerprint density at radius 1 is 1.33 bits per heavy atom. The van der Waals surface area contributed by atoms with Crippen molar-refractivity contribution in [3.05, 3.63) is 40.8 Å². The van der Waals surface area contributed by atoms with E-state index < -0.39 is 0 Å². The molecule has 0 amide bonds. The number of pyridine rings is 1. The Bertz CT molecular complexity index is 468. The average molecular weight is 261 g/mol. The average Bonchev–Trinajstić information content (AvgIpc) is 2.82. The molecule has 0 aliphatic carbocycles. The molecule has 3 nitrogen and oxygen atoms in total. The Kier molecular flexibility index (Phi) is 4.59. The first kappa shape index (κ1) is 12.9. The normalized spacial score (nSPS) is 12.1. The minimum Gasteiger partial charge on any atom is -0.384 e. The molecule has 0 saturated carbocycles. The van der Waals surface area contributed by atoms with Gasteiger partial charge in [0.05, 0.1) is 23.8 Å². The lowest BCUT2D eigenvalue weighted by Gasteiger charge is -2.15. The van der Waals surface area contributed by atoms with Crippen LogP contribution in [0, 0.1) is 0 Å². The second-order valence-corrected chi connectivity index (χ2v) is 5.15.